The molecule has 0 bridgehead atoms. The number of urea groups is 1. The van der Waals surface area contributed by atoms with E-state index in [1.807, 2.05) is 0 Å². The van der Waals surface area contributed by atoms with E-state index in [0.29, 0.717) is 34.9 Å². The molecule has 1 spiro atoms. The van der Waals surface area contributed by atoms with Crippen molar-refractivity contribution in [3.63, 3.8) is 0 Å². The molecule has 0 radical (unpaired) electrons. The standard InChI is InChI=1S/C19H14ClN3O2/c1-21-14-5-9-15(10-6-14)22-17(24)19(11-2-12-19)23(18(22)25)16-7-3-13(20)4-8-16/h3-10H,2,11-12H2. The van der Waals surface area contributed by atoms with Crippen LogP contribution in [0.5, 0.6) is 0 Å². The summed E-state index contributed by atoms with van der Waals surface area (Å²) in [5.74, 6) is -0.200. The van der Waals surface area contributed by atoms with Crippen LogP contribution in [0.1, 0.15) is 19.3 Å². The summed E-state index contributed by atoms with van der Waals surface area (Å²) in [5, 5.41) is 0.580. The highest BCUT2D eigenvalue weighted by Crippen LogP contribution is 2.47. The third kappa shape index (κ3) is 2.22. The molecule has 2 fully saturated rings. The smallest absolute Gasteiger partial charge is 0.278 e. The molecule has 124 valence electrons. The van der Waals surface area contributed by atoms with Crippen LogP contribution < -0.4 is 9.80 Å². The first-order chi connectivity index (χ1) is 12.1. The zero-order valence-corrected chi connectivity index (χ0v) is 14.0. The zero-order chi connectivity index (χ0) is 17.6. The molecule has 25 heavy (non-hydrogen) atoms. The Morgan fingerprint density at radius 3 is 2.08 bits per heavy atom. The summed E-state index contributed by atoms with van der Waals surface area (Å²) >= 11 is 5.95. The van der Waals surface area contributed by atoms with E-state index in [2.05, 4.69) is 4.85 Å². The number of amides is 3. The van der Waals surface area contributed by atoms with Gasteiger partial charge in [-0.2, -0.15) is 0 Å². The average Bonchev–Trinajstić information content (AvgIpc) is 2.83. The first-order valence-corrected chi connectivity index (χ1v) is 8.36. The number of hydrogen-bond donors (Lipinski definition) is 0. The minimum Gasteiger partial charge on any atom is -0.278 e. The van der Waals surface area contributed by atoms with Crippen molar-refractivity contribution in [1.82, 2.24) is 0 Å². The van der Waals surface area contributed by atoms with Gasteiger partial charge in [-0.05, 0) is 55.7 Å². The van der Waals surface area contributed by atoms with Crippen LogP contribution in [-0.2, 0) is 4.79 Å². The molecular formula is C19H14ClN3O2. The minimum absolute atomic E-state index is 0.200. The third-order valence-corrected chi connectivity index (χ3v) is 5.17. The molecule has 1 aliphatic carbocycles. The quantitative estimate of drug-likeness (QED) is 0.577. The highest BCUT2D eigenvalue weighted by molar-refractivity contribution is 6.32. The Hall–Kier alpha value is -2.84. The third-order valence-electron chi connectivity index (χ3n) is 4.91. The normalized spacial score (nSPS) is 18.4. The number of benzene rings is 2. The average molecular weight is 352 g/mol. The van der Waals surface area contributed by atoms with E-state index in [9.17, 15) is 9.59 Å². The zero-order valence-electron chi connectivity index (χ0n) is 13.3. The van der Waals surface area contributed by atoms with Gasteiger partial charge in [-0.15, -0.1) is 0 Å². The molecule has 4 rings (SSSR count). The molecule has 0 unspecified atom stereocenters. The van der Waals surface area contributed by atoms with Gasteiger partial charge in [-0.25, -0.2) is 14.5 Å². The van der Waals surface area contributed by atoms with Crippen molar-refractivity contribution < 1.29 is 9.59 Å². The van der Waals surface area contributed by atoms with Gasteiger partial charge in [0.1, 0.15) is 5.54 Å². The molecule has 1 aliphatic heterocycles. The molecule has 0 N–H and O–H groups in total. The maximum absolute atomic E-state index is 13.1. The SMILES string of the molecule is [C-]#[N+]c1ccc(N2C(=O)N(c3ccc(Cl)cc3)C3(CCC3)C2=O)cc1. The topological polar surface area (TPSA) is 45.0 Å². The predicted molar refractivity (Wildman–Crippen MR) is 96.1 cm³/mol. The summed E-state index contributed by atoms with van der Waals surface area (Å²) in [6, 6.07) is 13.1. The van der Waals surface area contributed by atoms with Crippen LogP contribution in [0.15, 0.2) is 48.5 Å². The van der Waals surface area contributed by atoms with Crippen LogP contribution in [-0.4, -0.2) is 17.5 Å². The van der Waals surface area contributed by atoms with Crippen molar-refractivity contribution in [2.75, 3.05) is 9.80 Å². The van der Waals surface area contributed by atoms with E-state index >= 15 is 0 Å². The van der Waals surface area contributed by atoms with Gasteiger partial charge in [0, 0.05) is 10.7 Å². The molecule has 0 aromatic heterocycles. The Balaban J connectivity index is 1.78. The lowest BCUT2D eigenvalue weighted by molar-refractivity contribution is -0.123. The molecule has 1 saturated heterocycles. The fourth-order valence-electron chi connectivity index (χ4n) is 3.47. The summed E-state index contributed by atoms with van der Waals surface area (Å²) in [7, 11) is 0. The van der Waals surface area contributed by atoms with E-state index in [-0.39, 0.29) is 11.9 Å². The molecule has 1 saturated carbocycles. The number of nitrogens with zero attached hydrogens (tertiary/aromatic N) is 3. The van der Waals surface area contributed by atoms with Gasteiger partial charge in [-0.3, -0.25) is 9.69 Å². The fraction of sp³-hybridized carbons (Fsp3) is 0.211. The van der Waals surface area contributed by atoms with Gasteiger partial charge in [0.15, 0.2) is 5.69 Å². The molecule has 1 heterocycles. The van der Waals surface area contributed by atoms with Crippen molar-refractivity contribution in [3.05, 3.63) is 65.0 Å². The second-order valence-electron chi connectivity index (χ2n) is 6.25. The van der Waals surface area contributed by atoms with E-state index in [0.717, 1.165) is 6.42 Å². The van der Waals surface area contributed by atoms with Gasteiger partial charge in [0.2, 0.25) is 0 Å². The van der Waals surface area contributed by atoms with Gasteiger partial charge in [-0.1, -0.05) is 23.7 Å². The van der Waals surface area contributed by atoms with Crippen LogP contribution in [0.3, 0.4) is 0 Å². The molecule has 3 amide bonds. The highest BCUT2D eigenvalue weighted by atomic mass is 35.5. The summed E-state index contributed by atoms with van der Waals surface area (Å²) < 4.78 is 0. The van der Waals surface area contributed by atoms with Crippen molar-refractivity contribution in [3.8, 4) is 0 Å². The maximum Gasteiger partial charge on any atom is 0.336 e. The van der Waals surface area contributed by atoms with E-state index in [1.165, 1.54) is 4.90 Å². The maximum atomic E-state index is 13.1. The number of hydrogen-bond acceptors (Lipinski definition) is 2. The lowest BCUT2D eigenvalue weighted by Crippen LogP contribution is -2.55. The van der Waals surface area contributed by atoms with Crippen molar-refractivity contribution in [1.29, 1.82) is 0 Å². The molecule has 6 heteroatoms. The van der Waals surface area contributed by atoms with Crippen LogP contribution in [0, 0.1) is 6.57 Å². The Morgan fingerprint density at radius 2 is 1.56 bits per heavy atom. The number of anilines is 2. The molecule has 0 atom stereocenters. The summed E-state index contributed by atoms with van der Waals surface area (Å²) in [5.41, 5.74) is 0.826. The van der Waals surface area contributed by atoms with Crippen LogP contribution in [0.25, 0.3) is 4.85 Å². The van der Waals surface area contributed by atoms with Crippen molar-refractivity contribution in [2.24, 2.45) is 0 Å². The number of imide groups is 1. The van der Waals surface area contributed by atoms with Gasteiger partial charge in [0.05, 0.1) is 12.3 Å². The van der Waals surface area contributed by atoms with E-state index < -0.39 is 5.54 Å². The monoisotopic (exact) mass is 351 g/mol. The van der Waals surface area contributed by atoms with Crippen molar-refractivity contribution in [2.45, 2.75) is 24.8 Å². The lowest BCUT2D eigenvalue weighted by Gasteiger charge is -2.42. The summed E-state index contributed by atoms with van der Waals surface area (Å²) in [6.45, 7) is 7.03. The van der Waals surface area contributed by atoms with Crippen molar-refractivity contribution >= 4 is 40.6 Å². The van der Waals surface area contributed by atoms with Gasteiger partial charge < -0.3 is 0 Å². The largest absolute Gasteiger partial charge is 0.336 e. The molecule has 5 nitrogen and oxygen atoms in total. The summed E-state index contributed by atoms with van der Waals surface area (Å²) in [6.07, 6.45) is 2.21. The Morgan fingerprint density at radius 1 is 0.960 bits per heavy atom. The minimum atomic E-state index is -0.802. The second kappa shape index (κ2) is 5.61. The van der Waals surface area contributed by atoms with Gasteiger partial charge >= 0.3 is 6.03 Å². The Kier molecular flexibility index (Phi) is 3.52. The number of rotatable bonds is 2. The Labute approximate surface area is 150 Å². The first kappa shape index (κ1) is 15.7. The first-order valence-electron chi connectivity index (χ1n) is 7.99. The molecule has 2 aromatic rings. The molecular weight excluding hydrogens is 338 g/mol. The predicted octanol–water partition coefficient (Wildman–Crippen LogP) is 4.79. The van der Waals surface area contributed by atoms with Gasteiger partial charge in [0.25, 0.3) is 5.91 Å². The van der Waals surface area contributed by atoms with E-state index in [4.69, 9.17) is 18.2 Å². The second-order valence-corrected chi connectivity index (χ2v) is 6.68. The number of carbonyl (C=O) groups is 2. The van der Waals surface area contributed by atoms with Crippen LogP contribution in [0.2, 0.25) is 5.02 Å². The fourth-order valence-corrected chi connectivity index (χ4v) is 3.60. The molecule has 2 aliphatic rings. The van der Waals surface area contributed by atoms with Crippen LogP contribution >= 0.6 is 11.6 Å². The van der Waals surface area contributed by atoms with E-state index in [1.54, 1.807) is 53.4 Å². The lowest BCUT2D eigenvalue weighted by atomic mass is 9.75. The number of halogens is 1. The summed E-state index contributed by atoms with van der Waals surface area (Å²) in [4.78, 5) is 32.4. The Bertz CT molecular complexity index is 896. The number of carbonyl (C=O) groups excluding carboxylic acids is 2. The highest BCUT2D eigenvalue weighted by Gasteiger charge is 2.61. The van der Waals surface area contributed by atoms with Crippen LogP contribution in [0.4, 0.5) is 21.9 Å². The molecule has 2 aromatic carbocycles.